The van der Waals surface area contributed by atoms with Crippen LogP contribution in [0.15, 0.2) is 36.1 Å². The summed E-state index contributed by atoms with van der Waals surface area (Å²) in [4.78, 5) is 6.31. The van der Waals surface area contributed by atoms with Crippen LogP contribution in [0.4, 0.5) is 0 Å². The molecule has 1 heterocycles. The van der Waals surface area contributed by atoms with Crippen LogP contribution in [0.25, 0.3) is 0 Å². The van der Waals surface area contributed by atoms with Crippen LogP contribution in [0.1, 0.15) is 0 Å². The van der Waals surface area contributed by atoms with E-state index in [4.69, 9.17) is 0 Å². The summed E-state index contributed by atoms with van der Waals surface area (Å²) in [6, 6.07) is 0. The van der Waals surface area contributed by atoms with E-state index in [1.165, 1.54) is 0 Å². The second kappa shape index (κ2) is 5.04. The number of rotatable bonds is 4. The molecule has 1 aliphatic heterocycles. The summed E-state index contributed by atoms with van der Waals surface area (Å²) in [5.41, 5.74) is 0. The zero-order valence-corrected chi connectivity index (χ0v) is 8.57. The first-order valence-corrected chi connectivity index (χ1v) is 4.81. The van der Waals surface area contributed by atoms with Crippen molar-refractivity contribution in [3.8, 4) is 0 Å². The lowest BCUT2D eigenvalue weighted by molar-refractivity contribution is 0.300. The maximum Gasteiger partial charge on any atom is 0.0900 e. The average molecular weight is 229 g/mol. The Hall–Kier alpha value is -0.700. The maximum absolute atomic E-state index is 3.70. The van der Waals surface area contributed by atoms with Gasteiger partial charge >= 0.3 is 0 Å². The van der Waals surface area contributed by atoms with Gasteiger partial charge in [-0.15, -0.1) is 6.58 Å². The lowest BCUT2D eigenvalue weighted by Crippen LogP contribution is -2.25. The number of hydrogen-bond donors (Lipinski definition) is 0. The van der Waals surface area contributed by atoms with E-state index in [-0.39, 0.29) is 0 Å². The molecule has 12 heavy (non-hydrogen) atoms. The van der Waals surface area contributed by atoms with Crippen LogP contribution in [-0.4, -0.2) is 29.6 Å². The number of hydrogen-bond acceptors (Lipinski definition) is 2. The molecule has 0 aromatic carbocycles. The minimum atomic E-state index is 0.922. The van der Waals surface area contributed by atoms with Crippen molar-refractivity contribution in [3.63, 3.8) is 0 Å². The van der Waals surface area contributed by atoms with Gasteiger partial charge in [0.05, 0.1) is 6.67 Å². The highest BCUT2D eigenvalue weighted by Crippen LogP contribution is 2.05. The lowest BCUT2D eigenvalue weighted by Gasteiger charge is -2.18. The van der Waals surface area contributed by atoms with E-state index in [1.807, 2.05) is 11.1 Å². The van der Waals surface area contributed by atoms with Gasteiger partial charge in [-0.3, -0.25) is 0 Å². The van der Waals surface area contributed by atoms with Crippen molar-refractivity contribution in [2.75, 3.05) is 19.8 Å². The summed E-state index contributed by atoms with van der Waals surface area (Å²) in [5, 5.41) is 0. The molecule has 0 saturated carbocycles. The van der Waals surface area contributed by atoms with Gasteiger partial charge in [-0.05, 0) is 4.99 Å². The minimum Gasteiger partial charge on any atom is -0.355 e. The Morgan fingerprint density at radius 1 is 1.33 bits per heavy atom. The van der Waals surface area contributed by atoms with Crippen LogP contribution in [0.3, 0.4) is 0 Å². The monoisotopic (exact) mass is 228 g/mol. The van der Waals surface area contributed by atoms with Crippen molar-refractivity contribution in [2.24, 2.45) is 0 Å². The predicted octanol–water partition coefficient (Wildman–Crippen LogP) is 2.13. The SMILES string of the molecule is C=CCN1C=CN(CC=CBr)C1. The predicted molar refractivity (Wildman–Crippen MR) is 55.7 cm³/mol. The quantitative estimate of drug-likeness (QED) is 0.681. The van der Waals surface area contributed by atoms with Gasteiger partial charge in [0.25, 0.3) is 0 Å². The van der Waals surface area contributed by atoms with Gasteiger partial charge < -0.3 is 9.80 Å². The highest BCUT2D eigenvalue weighted by atomic mass is 79.9. The highest BCUT2D eigenvalue weighted by Gasteiger charge is 2.07. The second-order valence-corrected chi connectivity index (χ2v) is 3.16. The summed E-state index contributed by atoms with van der Waals surface area (Å²) in [6.07, 6.45) is 8.16. The Kier molecular flexibility index (Phi) is 3.94. The molecule has 3 heteroatoms. The van der Waals surface area contributed by atoms with Crippen molar-refractivity contribution in [1.29, 1.82) is 0 Å². The lowest BCUT2D eigenvalue weighted by atomic mass is 10.5. The molecular weight excluding hydrogens is 216 g/mol. The van der Waals surface area contributed by atoms with E-state index in [1.54, 1.807) is 0 Å². The summed E-state index contributed by atoms with van der Waals surface area (Å²) in [5.74, 6) is 0. The summed E-state index contributed by atoms with van der Waals surface area (Å²) >= 11 is 3.24. The molecular formula is C9H13BrN2. The molecule has 0 unspecified atom stereocenters. The molecule has 0 atom stereocenters. The van der Waals surface area contributed by atoms with E-state index in [9.17, 15) is 0 Å². The molecule has 1 aliphatic rings. The van der Waals surface area contributed by atoms with E-state index in [2.05, 4.69) is 50.8 Å². The molecule has 0 radical (unpaired) electrons. The maximum atomic E-state index is 3.70. The molecule has 0 aliphatic carbocycles. The Bertz CT molecular complexity index is 199. The average Bonchev–Trinajstić information content (AvgIpc) is 2.50. The van der Waals surface area contributed by atoms with E-state index in [0.717, 1.165) is 19.8 Å². The van der Waals surface area contributed by atoms with E-state index >= 15 is 0 Å². The van der Waals surface area contributed by atoms with Crippen LogP contribution < -0.4 is 0 Å². The van der Waals surface area contributed by atoms with Crippen molar-refractivity contribution in [3.05, 3.63) is 36.1 Å². The van der Waals surface area contributed by atoms with Gasteiger partial charge in [-0.25, -0.2) is 0 Å². The Morgan fingerprint density at radius 3 is 2.58 bits per heavy atom. The van der Waals surface area contributed by atoms with Gasteiger partial charge in [0.15, 0.2) is 0 Å². The van der Waals surface area contributed by atoms with Gasteiger partial charge in [0, 0.05) is 25.5 Å². The number of halogens is 1. The Balaban J connectivity index is 2.27. The van der Waals surface area contributed by atoms with Crippen molar-refractivity contribution < 1.29 is 0 Å². The van der Waals surface area contributed by atoms with E-state index < -0.39 is 0 Å². The molecule has 0 spiro atoms. The van der Waals surface area contributed by atoms with Gasteiger partial charge in [0.1, 0.15) is 0 Å². The molecule has 0 aromatic rings. The van der Waals surface area contributed by atoms with Crippen molar-refractivity contribution in [2.45, 2.75) is 0 Å². The van der Waals surface area contributed by atoms with Crippen LogP contribution in [-0.2, 0) is 0 Å². The fourth-order valence-electron chi connectivity index (χ4n) is 1.09. The Morgan fingerprint density at radius 2 is 2.00 bits per heavy atom. The molecule has 0 fully saturated rings. The normalized spacial score (nSPS) is 16.4. The molecule has 0 bridgehead atoms. The Labute approximate surface area is 82.0 Å². The van der Waals surface area contributed by atoms with E-state index in [0.29, 0.717) is 0 Å². The third-order valence-electron chi connectivity index (χ3n) is 1.64. The third-order valence-corrected chi connectivity index (χ3v) is 2.02. The van der Waals surface area contributed by atoms with Gasteiger partial charge in [-0.2, -0.15) is 0 Å². The molecule has 0 saturated heterocycles. The highest BCUT2D eigenvalue weighted by molar-refractivity contribution is 9.11. The van der Waals surface area contributed by atoms with Crippen LogP contribution in [0.2, 0.25) is 0 Å². The largest absolute Gasteiger partial charge is 0.355 e. The first-order chi connectivity index (χ1) is 5.86. The zero-order chi connectivity index (χ0) is 8.81. The van der Waals surface area contributed by atoms with Crippen LogP contribution >= 0.6 is 15.9 Å². The molecule has 0 aromatic heterocycles. The summed E-state index contributed by atoms with van der Waals surface area (Å²) < 4.78 is 0. The minimum absolute atomic E-state index is 0.922. The van der Waals surface area contributed by atoms with Gasteiger partial charge in [-0.1, -0.05) is 28.1 Å². The topological polar surface area (TPSA) is 6.48 Å². The fourth-order valence-corrected chi connectivity index (χ4v) is 1.26. The first kappa shape index (κ1) is 9.39. The molecule has 66 valence electrons. The fraction of sp³-hybridized carbons (Fsp3) is 0.333. The third kappa shape index (κ3) is 2.74. The first-order valence-electron chi connectivity index (χ1n) is 3.89. The van der Waals surface area contributed by atoms with Gasteiger partial charge in [0.2, 0.25) is 0 Å². The van der Waals surface area contributed by atoms with Crippen molar-refractivity contribution in [1.82, 2.24) is 9.80 Å². The molecule has 0 N–H and O–H groups in total. The summed E-state index contributed by atoms with van der Waals surface area (Å²) in [6.45, 7) is 6.53. The second-order valence-electron chi connectivity index (χ2n) is 2.63. The molecule has 0 amide bonds. The number of nitrogens with zero attached hydrogens (tertiary/aromatic N) is 2. The standard InChI is InChI=1S/C9H13BrN2/c1-2-5-11-7-8-12(9-11)6-3-4-10/h2-4,7-8H,1,5-6,9H2. The zero-order valence-electron chi connectivity index (χ0n) is 6.99. The molecule has 1 rings (SSSR count). The van der Waals surface area contributed by atoms with Crippen LogP contribution in [0, 0.1) is 0 Å². The smallest absolute Gasteiger partial charge is 0.0900 e. The summed E-state index contributed by atoms with van der Waals surface area (Å²) in [7, 11) is 0. The molecule has 2 nitrogen and oxygen atoms in total. The van der Waals surface area contributed by atoms with Crippen molar-refractivity contribution >= 4 is 15.9 Å². The van der Waals surface area contributed by atoms with Crippen LogP contribution in [0.5, 0.6) is 0 Å².